The fourth-order valence-corrected chi connectivity index (χ4v) is 5.12. The number of carbonyl (C=O) groups excluding carboxylic acids is 1. The van der Waals surface area contributed by atoms with Gasteiger partial charge in [-0.15, -0.1) is 11.3 Å². The molecule has 0 saturated heterocycles. The number of rotatable bonds is 3. The molecule has 1 aromatic carbocycles. The lowest BCUT2D eigenvalue weighted by Crippen LogP contribution is -2.21. The van der Waals surface area contributed by atoms with Gasteiger partial charge in [0.15, 0.2) is 0 Å². The van der Waals surface area contributed by atoms with E-state index in [1.54, 1.807) is 6.92 Å². The minimum atomic E-state index is -0.393. The Morgan fingerprint density at radius 1 is 1.19 bits per heavy atom. The second kappa shape index (κ2) is 7.70. The van der Waals surface area contributed by atoms with E-state index in [0.717, 1.165) is 41.6 Å². The lowest BCUT2D eigenvalue weighted by molar-refractivity contribution is 0.103. The number of pyridine rings is 1. The van der Waals surface area contributed by atoms with Crippen molar-refractivity contribution in [2.75, 3.05) is 11.1 Å². The Bertz CT molecular complexity index is 1350. The van der Waals surface area contributed by atoms with Gasteiger partial charge in [-0.1, -0.05) is 24.6 Å². The van der Waals surface area contributed by atoms with Crippen LogP contribution in [0.4, 0.5) is 11.4 Å². The quantitative estimate of drug-likeness (QED) is 0.421. The van der Waals surface area contributed by atoms with Crippen LogP contribution in [0.1, 0.15) is 45.9 Å². The summed E-state index contributed by atoms with van der Waals surface area (Å²) in [5.74, 6) is -0.393. The Balaban J connectivity index is 1.49. The maximum Gasteiger partial charge on any atom is 0.295 e. The van der Waals surface area contributed by atoms with E-state index in [1.165, 1.54) is 28.0 Å². The van der Waals surface area contributed by atoms with E-state index in [4.69, 9.17) is 10.7 Å². The van der Waals surface area contributed by atoms with Gasteiger partial charge in [-0.2, -0.15) is 0 Å². The number of para-hydroxylation sites is 1. The number of fused-ring (bicyclic) bond motifs is 2. The predicted molar refractivity (Wildman–Crippen MR) is 124 cm³/mol. The Hall–Kier alpha value is -3.39. The van der Waals surface area contributed by atoms with E-state index in [9.17, 15) is 9.59 Å². The Kier molecular flexibility index (Phi) is 4.86. The average molecular weight is 434 g/mol. The van der Waals surface area contributed by atoms with Crippen LogP contribution < -0.4 is 16.6 Å². The van der Waals surface area contributed by atoms with Gasteiger partial charge < -0.3 is 11.1 Å². The molecule has 31 heavy (non-hydrogen) atoms. The average Bonchev–Trinajstić information content (AvgIpc) is 3.12. The van der Waals surface area contributed by atoms with Crippen LogP contribution in [0, 0.1) is 6.92 Å². The molecule has 0 spiro atoms. The van der Waals surface area contributed by atoms with Crippen LogP contribution in [0.25, 0.3) is 15.9 Å². The molecule has 0 saturated carbocycles. The number of anilines is 2. The van der Waals surface area contributed by atoms with Gasteiger partial charge >= 0.3 is 0 Å². The fourth-order valence-electron chi connectivity index (χ4n) is 4.13. The number of carbonyl (C=O) groups is 1. The SMILES string of the molecule is Cc1[nH]n(-c2ccccc2)c(=O)c1NC(=O)c1sc2nc3c(cc2c1N)CCCCC3. The van der Waals surface area contributed by atoms with Crippen LogP contribution in [-0.2, 0) is 12.8 Å². The molecule has 8 heteroatoms. The molecule has 7 nitrogen and oxygen atoms in total. The van der Waals surface area contributed by atoms with Gasteiger partial charge in [0.1, 0.15) is 15.4 Å². The molecule has 158 valence electrons. The maximum atomic E-state index is 13.1. The number of hydrogen-bond acceptors (Lipinski definition) is 5. The first kappa shape index (κ1) is 19.6. The van der Waals surface area contributed by atoms with Gasteiger partial charge in [0.05, 0.1) is 17.1 Å². The van der Waals surface area contributed by atoms with E-state index < -0.39 is 5.91 Å². The summed E-state index contributed by atoms with van der Waals surface area (Å²) in [6.45, 7) is 1.75. The summed E-state index contributed by atoms with van der Waals surface area (Å²) in [7, 11) is 0. The lowest BCUT2D eigenvalue weighted by Gasteiger charge is -2.04. The second-order valence-corrected chi connectivity index (χ2v) is 8.89. The number of H-pyrrole nitrogens is 1. The molecular formula is C23H23N5O2S. The third-order valence-corrected chi connectivity index (χ3v) is 6.89. The third-order valence-electron chi connectivity index (χ3n) is 5.78. The first-order chi connectivity index (χ1) is 15.0. The number of nitrogens with two attached hydrogens (primary N) is 1. The summed E-state index contributed by atoms with van der Waals surface area (Å²) < 4.78 is 1.41. The molecule has 1 aliphatic rings. The summed E-state index contributed by atoms with van der Waals surface area (Å²) >= 11 is 1.28. The molecule has 0 aliphatic heterocycles. The van der Waals surface area contributed by atoms with E-state index in [0.29, 0.717) is 21.9 Å². The molecule has 1 aliphatic carbocycles. The van der Waals surface area contributed by atoms with Crippen molar-refractivity contribution in [1.29, 1.82) is 0 Å². The third kappa shape index (κ3) is 3.42. The largest absolute Gasteiger partial charge is 0.397 e. The molecule has 3 aromatic heterocycles. The van der Waals surface area contributed by atoms with Crippen LogP contribution in [0.3, 0.4) is 0 Å². The van der Waals surface area contributed by atoms with E-state index in [2.05, 4.69) is 16.5 Å². The van der Waals surface area contributed by atoms with Crippen molar-refractivity contribution in [3.63, 3.8) is 0 Å². The minimum Gasteiger partial charge on any atom is -0.397 e. The van der Waals surface area contributed by atoms with Gasteiger partial charge in [0.2, 0.25) is 0 Å². The Morgan fingerprint density at radius 2 is 1.97 bits per heavy atom. The summed E-state index contributed by atoms with van der Waals surface area (Å²) in [6, 6.07) is 11.3. The van der Waals surface area contributed by atoms with Crippen molar-refractivity contribution in [2.45, 2.75) is 39.0 Å². The van der Waals surface area contributed by atoms with Gasteiger partial charge in [-0.3, -0.25) is 14.7 Å². The first-order valence-corrected chi connectivity index (χ1v) is 11.2. The Labute approximate surface area is 182 Å². The number of aryl methyl sites for hydroxylation is 3. The molecule has 0 fully saturated rings. The van der Waals surface area contributed by atoms with Crippen molar-refractivity contribution >= 4 is 38.8 Å². The van der Waals surface area contributed by atoms with Crippen LogP contribution in [0.5, 0.6) is 0 Å². The number of aromatic amines is 1. The van der Waals surface area contributed by atoms with E-state index in [-0.39, 0.29) is 11.2 Å². The van der Waals surface area contributed by atoms with Gasteiger partial charge in [-0.05, 0) is 56.4 Å². The van der Waals surface area contributed by atoms with Crippen molar-refractivity contribution < 1.29 is 4.79 Å². The predicted octanol–water partition coefficient (Wildman–Crippen LogP) is 4.19. The highest BCUT2D eigenvalue weighted by Gasteiger charge is 2.22. The molecule has 5 rings (SSSR count). The molecule has 0 unspecified atom stereocenters. The first-order valence-electron chi connectivity index (χ1n) is 10.4. The summed E-state index contributed by atoms with van der Waals surface area (Å²) in [4.78, 5) is 31.9. The highest BCUT2D eigenvalue weighted by atomic mass is 32.1. The second-order valence-electron chi connectivity index (χ2n) is 7.89. The number of nitrogen functional groups attached to an aromatic ring is 1. The molecule has 0 atom stereocenters. The standard InChI is InChI=1S/C23H23N5O2S/c1-13-19(23(30)28(27-13)15-9-5-3-6-10-15)26-21(29)20-18(24)16-12-14-8-4-2-7-11-17(14)25-22(16)31-20/h3,5-6,9-10,12,27H,2,4,7-8,11,24H2,1H3,(H,26,29). The smallest absolute Gasteiger partial charge is 0.295 e. The molecular weight excluding hydrogens is 410 g/mol. The zero-order valence-electron chi connectivity index (χ0n) is 17.2. The molecule has 4 N–H and O–H groups in total. The van der Waals surface area contributed by atoms with Crippen molar-refractivity contribution in [3.8, 4) is 5.69 Å². The molecule has 1 amide bonds. The van der Waals surface area contributed by atoms with Gasteiger partial charge in [0.25, 0.3) is 11.5 Å². The van der Waals surface area contributed by atoms with Crippen LogP contribution >= 0.6 is 11.3 Å². The summed E-state index contributed by atoms with van der Waals surface area (Å²) in [5, 5.41) is 6.61. The highest BCUT2D eigenvalue weighted by molar-refractivity contribution is 7.21. The number of thiophene rings is 1. The van der Waals surface area contributed by atoms with E-state index >= 15 is 0 Å². The number of nitrogens with zero attached hydrogens (tertiary/aromatic N) is 2. The lowest BCUT2D eigenvalue weighted by atomic mass is 10.1. The van der Waals surface area contributed by atoms with Crippen molar-refractivity contribution in [3.05, 3.63) is 68.6 Å². The van der Waals surface area contributed by atoms with Gasteiger partial charge in [-0.25, -0.2) is 9.67 Å². The number of hydrogen-bond donors (Lipinski definition) is 3. The fraction of sp³-hybridized carbons (Fsp3) is 0.261. The Morgan fingerprint density at radius 3 is 2.77 bits per heavy atom. The minimum absolute atomic E-state index is 0.217. The number of benzene rings is 1. The van der Waals surface area contributed by atoms with Crippen molar-refractivity contribution in [1.82, 2.24) is 14.8 Å². The monoisotopic (exact) mass is 433 g/mol. The number of aromatic nitrogens is 3. The zero-order chi connectivity index (χ0) is 21.5. The van der Waals surface area contributed by atoms with Crippen LogP contribution in [0.15, 0.2) is 41.2 Å². The maximum absolute atomic E-state index is 13.1. The summed E-state index contributed by atoms with van der Waals surface area (Å²) in [5.41, 5.74) is 10.3. The molecule has 0 radical (unpaired) electrons. The molecule has 0 bridgehead atoms. The van der Waals surface area contributed by atoms with Crippen LogP contribution in [-0.4, -0.2) is 20.7 Å². The molecule has 4 aromatic rings. The van der Waals surface area contributed by atoms with Gasteiger partial charge in [0, 0.05) is 11.1 Å². The van der Waals surface area contributed by atoms with E-state index in [1.807, 2.05) is 30.3 Å². The number of nitrogens with one attached hydrogen (secondary N) is 2. The molecule has 3 heterocycles. The topological polar surface area (TPSA) is 106 Å². The normalized spacial score (nSPS) is 13.7. The highest BCUT2D eigenvalue weighted by Crippen LogP contribution is 2.35. The van der Waals surface area contributed by atoms with Crippen LogP contribution in [0.2, 0.25) is 0 Å². The zero-order valence-corrected chi connectivity index (χ0v) is 18.0. The summed E-state index contributed by atoms with van der Waals surface area (Å²) in [6.07, 6.45) is 5.46. The van der Waals surface area contributed by atoms with Crippen molar-refractivity contribution in [2.24, 2.45) is 0 Å². The number of amides is 1.